The number of hydrogen-bond donors (Lipinski definition) is 2. The Morgan fingerprint density at radius 2 is 2.11 bits per heavy atom. The van der Waals surface area contributed by atoms with Gasteiger partial charge in [0.25, 0.3) is 0 Å². The molecule has 1 atom stereocenters. The maximum atomic E-state index is 9.34. The largest absolute Gasteiger partial charge is 0.394 e. The van der Waals surface area contributed by atoms with E-state index < -0.39 is 0 Å². The molecule has 1 heterocycles. The molecule has 1 aromatic heterocycles. The standard InChI is InChI=1S/C15H17N3O/c1-10(2)14(9-19)18-15-7-11(8-16)12-5-3-4-6-13(12)17-15/h3-7,10,14,19H,9H2,1-2H3,(H,17,18). The Kier molecular flexibility index (Phi) is 3.98. The summed E-state index contributed by atoms with van der Waals surface area (Å²) < 4.78 is 0. The fraction of sp³-hybridized carbons (Fsp3) is 0.333. The summed E-state index contributed by atoms with van der Waals surface area (Å²) in [5, 5.41) is 22.6. The molecule has 0 aliphatic heterocycles. The second kappa shape index (κ2) is 5.68. The summed E-state index contributed by atoms with van der Waals surface area (Å²) in [7, 11) is 0. The number of anilines is 1. The highest BCUT2D eigenvalue weighted by Gasteiger charge is 2.13. The van der Waals surface area contributed by atoms with Crippen LogP contribution in [0.2, 0.25) is 0 Å². The van der Waals surface area contributed by atoms with E-state index in [2.05, 4.69) is 16.4 Å². The zero-order chi connectivity index (χ0) is 13.8. The van der Waals surface area contributed by atoms with Gasteiger partial charge in [0.2, 0.25) is 0 Å². The molecule has 1 aromatic carbocycles. The molecule has 0 aliphatic carbocycles. The minimum Gasteiger partial charge on any atom is -0.394 e. The highest BCUT2D eigenvalue weighted by atomic mass is 16.3. The van der Waals surface area contributed by atoms with Crippen LogP contribution in [-0.4, -0.2) is 22.7 Å². The molecule has 2 aromatic rings. The first-order valence-corrected chi connectivity index (χ1v) is 6.33. The first-order chi connectivity index (χ1) is 9.15. The van der Waals surface area contributed by atoms with Crippen molar-refractivity contribution in [3.63, 3.8) is 0 Å². The highest BCUT2D eigenvalue weighted by Crippen LogP contribution is 2.21. The maximum absolute atomic E-state index is 9.34. The predicted molar refractivity (Wildman–Crippen MR) is 75.8 cm³/mol. The van der Waals surface area contributed by atoms with Crippen molar-refractivity contribution in [1.82, 2.24) is 4.98 Å². The van der Waals surface area contributed by atoms with Crippen molar-refractivity contribution in [3.05, 3.63) is 35.9 Å². The molecule has 1 unspecified atom stereocenters. The number of aliphatic hydroxyl groups is 1. The van der Waals surface area contributed by atoms with Crippen LogP contribution in [0.1, 0.15) is 19.4 Å². The molecule has 0 radical (unpaired) electrons. The molecular formula is C15H17N3O. The Morgan fingerprint density at radius 3 is 2.74 bits per heavy atom. The van der Waals surface area contributed by atoms with Crippen molar-refractivity contribution >= 4 is 16.7 Å². The normalized spacial score (nSPS) is 12.4. The van der Waals surface area contributed by atoms with Gasteiger partial charge in [-0.05, 0) is 18.1 Å². The first kappa shape index (κ1) is 13.3. The van der Waals surface area contributed by atoms with Gasteiger partial charge < -0.3 is 10.4 Å². The van der Waals surface area contributed by atoms with Crippen LogP contribution in [0, 0.1) is 17.2 Å². The quantitative estimate of drug-likeness (QED) is 0.880. The zero-order valence-corrected chi connectivity index (χ0v) is 11.1. The molecule has 0 saturated carbocycles. The SMILES string of the molecule is CC(C)C(CO)Nc1cc(C#N)c2ccccc2n1. The third-order valence-electron chi connectivity index (χ3n) is 3.17. The average molecular weight is 255 g/mol. The second-order valence-corrected chi connectivity index (χ2v) is 4.86. The van der Waals surface area contributed by atoms with E-state index in [-0.39, 0.29) is 18.6 Å². The van der Waals surface area contributed by atoms with Crippen molar-refractivity contribution in [2.75, 3.05) is 11.9 Å². The van der Waals surface area contributed by atoms with E-state index in [1.807, 2.05) is 38.1 Å². The van der Waals surface area contributed by atoms with Crippen LogP contribution in [0.5, 0.6) is 0 Å². The summed E-state index contributed by atoms with van der Waals surface area (Å²) in [5.41, 5.74) is 1.37. The summed E-state index contributed by atoms with van der Waals surface area (Å²) in [5.74, 6) is 0.909. The van der Waals surface area contributed by atoms with E-state index in [4.69, 9.17) is 0 Å². The van der Waals surface area contributed by atoms with Crippen LogP contribution < -0.4 is 5.32 Å². The number of fused-ring (bicyclic) bond motifs is 1. The molecule has 2 rings (SSSR count). The van der Waals surface area contributed by atoms with E-state index >= 15 is 0 Å². The summed E-state index contributed by atoms with van der Waals surface area (Å²) in [6, 6.07) is 11.4. The Hall–Kier alpha value is -2.12. The van der Waals surface area contributed by atoms with Gasteiger partial charge in [0.15, 0.2) is 0 Å². The highest BCUT2D eigenvalue weighted by molar-refractivity contribution is 5.86. The molecule has 0 bridgehead atoms. The third-order valence-corrected chi connectivity index (χ3v) is 3.17. The van der Waals surface area contributed by atoms with Gasteiger partial charge in [-0.15, -0.1) is 0 Å². The Labute approximate surface area is 112 Å². The average Bonchev–Trinajstić information content (AvgIpc) is 2.43. The lowest BCUT2D eigenvalue weighted by molar-refractivity contribution is 0.249. The van der Waals surface area contributed by atoms with Crippen LogP contribution in [-0.2, 0) is 0 Å². The molecule has 0 saturated heterocycles. The van der Waals surface area contributed by atoms with Gasteiger partial charge in [0, 0.05) is 5.39 Å². The topological polar surface area (TPSA) is 68.9 Å². The molecule has 0 aliphatic rings. The molecule has 2 N–H and O–H groups in total. The first-order valence-electron chi connectivity index (χ1n) is 6.33. The monoisotopic (exact) mass is 255 g/mol. The lowest BCUT2D eigenvalue weighted by atomic mass is 10.1. The zero-order valence-electron chi connectivity index (χ0n) is 11.1. The number of benzene rings is 1. The Balaban J connectivity index is 2.42. The van der Waals surface area contributed by atoms with E-state index in [0.29, 0.717) is 11.4 Å². The summed E-state index contributed by atoms with van der Waals surface area (Å²) in [6.45, 7) is 4.09. The fourth-order valence-electron chi connectivity index (χ4n) is 1.95. The van der Waals surface area contributed by atoms with Gasteiger partial charge in [-0.25, -0.2) is 4.98 Å². The van der Waals surface area contributed by atoms with Gasteiger partial charge >= 0.3 is 0 Å². The van der Waals surface area contributed by atoms with Crippen LogP contribution >= 0.6 is 0 Å². The number of aliphatic hydroxyl groups excluding tert-OH is 1. The van der Waals surface area contributed by atoms with Crippen LogP contribution in [0.15, 0.2) is 30.3 Å². The second-order valence-electron chi connectivity index (χ2n) is 4.86. The summed E-state index contributed by atoms with van der Waals surface area (Å²) in [6.07, 6.45) is 0. The number of para-hydroxylation sites is 1. The van der Waals surface area contributed by atoms with Crippen molar-refractivity contribution in [2.24, 2.45) is 5.92 Å². The molecular weight excluding hydrogens is 238 g/mol. The van der Waals surface area contributed by atoms with Crippen molar-refractivity contribution in [1.29, 1.82) is 5.26 Å². The molecule has 4 heteroatoms. The molecule has 4 nitrogen and oxygen atoms in total. The maximum Gasteiger partial charge on any atom is 0.128 e. The third kappa shape index (κ3) is 2.83. The number of hydrogen-bond acceptors (Lipinski definition) is 4. The van der Waals surface area contributed by atoms with Gasteiger partial charge in [-0.3, -0.25) is 0 Å². The van der Waals surface area contributed by atoms with Gasteiger partial charge in [0.1, 0.15) is 5.82 Å². The van der Waals surface area contributed by atoms with Crippen molar-refractivity contribution in [2.45, 2.75) is 19.9 Å². The van der Waals surface area contributed by atoms with Crippen molar-refractivity contribution < 1.29 is 5.11 Å². The van der Waals surface area contributed by atoms with E-state index in [9.17, 15) is 10.4 Å². The number of pyridine rings is 1. The van der Waals surface area contributed by atoms with Crippen LogP contribution in [0.25, 0.3) is 10.9 Å². The lowest BCUT2D eigenvalue weighted by Crippen LogP contribution is -2.29. The summed E-state index contributed by atoms with van der Waals surface area (Å²) in [4.78, 5) is 4.48. The molecule has 0 amide bonds. The number of nitrogens with one attached hydrogen (secondary N) is 1. The minimum atomic E-state index is -0.0693. The van der Waals surface area contributed by atoms with Crippen LogP contribution in [0.3, 0.4) is 0 Å². The predicted octanol–water partition coefficient (Wildman–Crippen LogP) is 2.54. The van der Waals surface area contributed by atoms with E-state index in [1.54, 1.807) is 6.07 Å². The molecule has 98 valence electrons. The summed E-state index contributed by atoms with van der Waals surface area (Å²) >= 11 is 0. The van der Waals surface area contributed by atoms with Gasteiger partial charge in [-0.2, -0.15) is 5.26 Å². The van der Waals surface area contributed by atoms with E-state index in [1.165, 1.54) is 0 Å². The number of rotatable bonds is 4. The molecule has 19 heavy (non-hydrogen) atoms. The van der Waals surface area contributed by atoms with Gasteiger partial charge in [-0.1, -0.05) is 32.0 Å². The van der Waals surface area contributed by atoms with Gasteiger partial charge in [0.05, 0.1) is 29.8 Å². The number of nitrogens with zero attached hydrogens (tertiary/aromatic N) is 2. The smallest absolute Gasteiger partial charge is 0.128 e. The van der Waals surface area contributed by atoms with Crippen molar-refractivity contribution in [3.8, 4) is 6.07 Å². The van der Waals surface area contributed by atoms with E-state index in [0.717, 1.165) is 10.9 Å². The lowest BCUT2D eigenvalue weighted by Gasteiger charge is -2.20. The molecule has 0 fully saturated rings. The van der Waals surface area contributed by atoms with Crippen LogP contribution in [0.4, 0.5) is 5.82 Å². The fourth-order valence-corrected chi connectivity index (χ4v) is 1.95. The molecule has 0 spiro atoms. The Morgan fingerprint density at radius 1 is 1.37 bits per heavy atom. The Bertz CT molecular complexity index is 616. The number of aromatic nitrogens is 1. The number of nitriles is 1. The minimum absolute atomic E-state index is 0.0358.